The van der Waals surface area contributed by atoms with E-state index in [0.29, 0.717) is 11.6 Å². The largest absolute Gasteiger partial charge is 0.389 e. The summed E-state index contributed by atoms with van der Waals surface area (Å²) in [5.74, 6) is 0. The van der Waals surface area contributed by atoms with Crippen molar-refractivity contribution < 1.29 is 0 Å². The molecule has 4 heteroatoms. The van der Waals surface area contributed by atoms with Gasteiger partial charge in [-0.05, 0) is 19.8 Å². The van der Waals surface area contributed by atoms with Gasteiger partial charge in [0.05, 0.1) is 0 Å². The molecule has 1 fully saturated rings. The minimum Gasteiger partial charge on any atom is -0.389 e. The molecule has 0 aromatic heterocycles. The number of thiocarbonyl (C=S) groups is 1. The summed E-state index contributed by atoms with van der Waals surface area (Å²) in [6, 6.07) is 2.52. The van der Waals surface area contributed by atoms with Crippen LogP contribution in [0.3, 0.4) is 0 Å². The van der Waals surface area contributed by atoms with Crippen LogP contribution in [-0.2, 0) is 0 Å². The van der Waals surface area contributed by atoms with Gasteiger partial charge in [0.1, 0.15) is 16.6 Å². The monoisotopic (exact) mass is 209 g/mol. The quantitative estimate of drug-likeness (QED) is 0.421. The van der Waals surface area contributed by atoms with Gasteiger partial charge >= 0.3 is 0 Å². The van der Waals surface area contributed by atoms with E-state index in [4.69, 9.17) is 23.2 Å². The van der Waals surface area contributed by atoms with Gasteiger partial charge < -0.3 is 11.1 Å². The number of allylic oxidation sites excluding steroid dienone is 1. The fourth-order valence-electron chi connectivity index (χ4n) is 1.77. The molecular formula is C10H15N3S. The Hall–Kier alpha value is -1.08. The Labute approximate surface area is 90.0 Å². The topological polar surface area (TPSA) is 61.8 Å². The highest BCUT2D eigenvalue weighted by molar-refractivity contribution is 7.80. The van der Waals surface area contributed by atoms with Crippen molar-refractivity contribution >= 4 is 17.2 Å². The van der Waals surface area contributed by atoms with E-state index >= 15 is 0 Å². The van der Waals surface area contributed by atoms with Crippen molar-refractivity contribution in [2.24, 2.45) is 5.73 Å². The molecule has 0 amide bonds. The maximum atomic E-state index is 8.83. The average molecular weight is 209 g/mol. The van der Waals surface area contributed by atoms with Crippen molar-refractivity contribution in [1.82, 2.24) is 5.32 Å². The summed E-state index contributed by atoms with van der Waals surface area (Å²) in [7, 11) is 0. The Balaban J connectivity index is 2.66. The maximum Gasteiger partial charge on any atom is 0.116 e. The second kappa shape index (κ2) is 4.97. The molecule has 1 aliphatic rings. The van der Waals surface area contributed by atoms with E-state index in [2.05, 4.69) is 5.32 Å². The standard InChI is InChI=1S/C10H15N3S/c1-7(9(6-11)10(12)14)13-8-4-2-3-5-8/h8,13H,2-5H2,1H3,(H2,12,14)/b9-7-. The van der Waals surface area contributed by atoms with Crippen molar-refractivity contribution in [2.45, 2.75) is 38.6 Å². The Kier molecular flexibility index (Phi) is 3.90. The van der Waals surface area contributed by atoms with Crippen LogP contribution in [0.1, 0.15) is 32.6 Å². The van der Waals surface area contributed by atoms with Gasteiger partial charge in [0.25, 0.3) is 0 Å². The first kappa shape index (κ1) is 11.0. The Bertz CT molecular complexity index is 295. The molecule has 0 saturated heterocycles. The summed E-state index contributed by atoms with van der Waals surface area (Å²) >= 11 is 4.79. The SMILES string of the molecule is C/C(NC1CCCC1)=C(\C#N)C(N)=S. The van der Waals surface area contributed by atoms with Gasteiger partial charge in [-0.1, -0.05) is 25.1 Å². The first-order valence-corrected chi connectivity index (χ1v) is 5.23. The number of nitrogens with zero attached hydrogens (tertiary/aromatic N) is 1. The molecule has 1 rings (SSSR count). The minimum absolute atomic E-state index is 0.176. The van der Waals surface area contributed by atoms with Crippen LogP contribution in [-0.4, -0.2) is 11.0 Å². The lowest BCUT2D eigenvalue weighted by Crippen LogP contribution is -2.27. The third-order valence-electron chi connectivity index (χ3n) is 2.51. The van der Waals surface area contributed by atoms with Crippen LogP contribution in [0.25, 0.3) is 0 Å². The number of hydrogen-bond acceptors (Lipinski definition) is 3. The summed E-state index contributed by atoms with van der Waals surface area (Å²) in [6.45, 7) is 1.86. The van der Waals surface area contributed by atoms with E-state index in [-0.39, 0.29) is 4.99 Å². The van der Waals surface area contributed by atoms with Gasteiger partial charge in [0.15, 0.2) is 0 Å². The van der Waals surface area contributed by atoms with Crippen LogP contribution in [0.4, 0.5) is 0 Å². The van der Waals surface area contributed by atoms with Gasteiger partial charge in [0, 0.05) is 11.7 Å². The van der Waals surface area contributed by atoms with Crippen molar-refractivity contribution in [1.29, 1.82) is 5.26 Å². The highest BCUT2D eigenvalue weighted by Crippen LogP contribution is 2.19. The summed E-state index contributed by atoms with van der Waals surface area (Å²) in [5.41, 5.74) is 6.65. The molecule has 14 heavy (non-hydrogen) atoms. The fourth-order valence-corrected chi connectivity index (χ4v) is 1.97. The molecule has 0 spiro atoms. The van der Waals surface area contributed by atoms with Crippen LogP contribution < -0.4 is 11.1 Å². The number of nitriles is 1. The molecule has 0 heterocycles. The zero-order chi connectivity index (χ0) is 10.6. The Morgan fingerprint density at radius 3 is 2.50 bits per heavy atom. The van der Waals surface area contributed by atoms with Gasteiger partial charge in [-0.15, -0.1) is 0 Å². The van der Waals surface area contributed by atoms with Crippen LogP contribution in [0, 0.1) is 11.3 Å². The third kappa shape index (κ3) is 2.71. The summed E-state index contributed by atoms with van der Waals surface area (Å²) in [5, 5.41) is 12.1. The number of rotatable bonds is 3. The molecule has 1 saturated carbocycles. The maximum absolute atomic E-state index is 8.83. The first-order valence-electron chi connectivity index (χ1n) is 4.82. The summed E-state index contributed by atoms with van der Waals surface area (Å²) in [4.78, 5) is 0.176. The Morgan fingerprint density at radius 2 is 2.07 bits per heavy atom. The molecule has 76 valence electrons. The normalized spacial score (nSPS) is 18.6. The first-order chi connectivity index (χ1) is 6.65. The lowest BCUT2D eigenvalue weighted by Gasteiger charge is -2.14. The zero-order valence-corrected chi connectivity index (χ0v) is 9.16. The predicted molar refractivity (Wildman–Crippen MR) is 60.5 cm³/mol. The van der Waals surface area contributed by atoms with Crippen molar-refractivity contribution in [3.05, 3.63) is 11.3 Å². The molecular weight excluding hydrogens is 194 g/mol. The number of nitrogens with two attached hydrogens (primary N) is 1. The van der Waals surface area contributed by atoms with E-state index in [1.165, 1.54) is 25.7 Å². The summed E-state index contributed by atoms with van der Waals surface area (Å²) < 4.78 is 0. The van der Waals surface area contributed by atoms with Crippen molar-refractivity contribution in [3.8, 4) is 6.07 Å². The lowest BCUT2D eigenvalue weighted by atomic mass is 10.2. The van der Waals surface area contributed by atoms with Gasteiger partial charge in [-0.3, -0.25) is 0 Å². The lowest BCUT2D eigenvalue weighted by molar-refractivity contribution is 0.584. The van der Waals surface area contributed by atoms with Gasteiger partial charge in [-0.25, -0.2) is 0 Å². The van der Waals surface area contributed by atoms with Crippen LogP contribution in [0.15, 0.2) is 11.3 Å². The van der Waals surface area contributed by atoms with E-state index in [9.17, 15) is 0 Å². The predicted octanol–water partition coefficient (Wildman–Crippen LogP) is 1.60. The van der Waals surface area contributed by atoms with Crippen LogP contribution in [0.5, 0.6) is 0 Å². The van der Waals surface area contributed by atoms with Gasteiger partial charge in [0.2, 0.25) is 0 Å². The average Bonchev–Trinajstić information content (AvgIpc) is 2.57. The summed E-state index contributed by atoms with van der Waals surface area (Å²) in [6.07, 6.45) is 4.88. The number of hydrogen-bond donors (Lipinski definition) is 2. The molecule has 0 bridgehead atoms. The molecule has 3 nitrogen and oxygen atoms in total. The van der Waals surface area contributed by atoms with Crippen molar-refractivity contribution in [3.63, 3.8) is 0 Å². The smallest absolute Gasteiger partial charge is 0.116 e. The zero-order valence-electron chi connectivity index (χ0n) is 8.34. The molecule has 0 aromatic carbocycles. The third-order valence-corrected chi connectivity index (χ3v) is 2.71. The molecule has 0 unspecified atom stereocenters. The minimum atomic E-state index is 0.176. The molecule has 0 radical (unpaired) electrons. The van der Waals surface area contributed by atoms with E-state index in [1.54, 1.807) is 0 Å². The second-order valence-corrected chi connectivity index (χ2v) is 4.04. The number of nitrogens with one attached hydrogen (secondary N) is 1. The van der Waals surface area contributed by atoms with Crippen LogP contribution in [0.2, 0.25) is 0 Å². The Morgan fingerprint density at radius 1 is 1.50 bits per heavy atom. The van der Waals surface area contributed by atoms with Crippen molar-refractivity contribution in [2.75, 3.05) is 0 Å². The highest BCUT2D eigenvalue weighted by Gasteiger charge is 2.16. The van der Waals surface area contributed by atoms with Gasteiger partial charge in [-0.2, -0.15) is 5.26 Å². The second-order valence-electron chi connectivity index (χ2n) is 3.60. The van der Waals surface area contributed by atoms with Crippen LogP contribution >= 0.6 is 12.2 Å². The van der Waals surface area contributed by atoms with E-state index in [0.717, 1.165) is 5.70 Å². The fraction of sp³-hybridized carbons (Fsp3) is 0.600. The highest BCUT2D eigenvalue weighted by atomic mass is 32.1. The molecule has 0 aliphatic heterocycles. The molecule has 0 atom stereocenters. The molecule has 1 aliphatic carbocycles. The van der Waals surface area contributed by atoms with E-state index in [1.807, 2.05) is 13.0 Å². The molecule has 3 N–H and O–H groups in total. The molecule has 0 aromatic rings. The van der Waals surface area contributed by atoms with E-state index < -0.39 is 0 Å².